The lowest BCUT2D eigenvalue weighted by Crippen LogP contribution is -2.24. The predicted octanol–water partition coefficient (Wildman–Crippen LogP) is 1.86. The molecule has 0 aliphatic carbocycles. The molecule has 0 bridgehead atoms. The molecule has 0 radical (unpaired) electrons. The first-order valence-electron chi connectivity index (χ1n) is 8.63. The molecule has 170 valence electrons. The van der Waals surface area contributed by atoms with Gasteiger partial charge in [0.15, 0.2) is 5.76 Å². The number of aromatic nitrogens is 1. The van der Waals surface area contributed by atoms with Crippen molar-refractivity contribution in [3.8, 4) is 0 Å². The summed E-state index contributed by atoms with van der Waals surface area (Å²) in [6.07, 6.45) is 1.10. The summed E-state index contributed by atoms with van der Waals surface area (Å²) in [6.45, 7) is 3.46. The van der Waals surface area contributed by atoms with Gasteiger partial charge in [-0.1, -0.05) is 5.16 Å². The van der Waals surface area contributed by atoms with Crippen molar-refractivity contribution in [3.63, 3.8) is 0 Å². The number of urea groups is 1. The van der Waals surface area contributed by atoms with Crippen molar-refractivity contribution in [1.82, 2.24) is 10.6 Å². The number of hydrogen-bond donors (Lipinski definition) is 4. The third-order valence-corrected chi connectivity index (χ3v) is 5.08. The van der Waals surface area contributed by atoms with Gasteiger partial charge in [0.25, 0.3) is 10.0 Å². The van der Waals surface area contributed by atoms with Gasteiger partial charge in [0.1, 0.15) is 4.92 Å². The van der Waals surface area contributed by atoms with Crippen molar-refractivity contribution >= 4 is 39.7 Å². The van der Waals surface area contributed by atoms with Crippen LogP contribution in [0.4, 0.5) is 22.3 Å². The molecule has 3 aromatic rings. The number of sulfonamides is 1. The average molecular weight is 465 g/mol. The second-order valence-corrected chi connectivity index (χ2v) is 7.75. The monoisotopic (exact) mass is 465 g/mol. The molecular weight excluding hydrogens is 446 g/mol. The number of benzene rings is 1. The molecule has 15 heteroatoms. The van der Waals surface area contributed by atoms with E-state index in [0.717, 1.165) is 6.21 Å². The third-order valence-electron chi connectivity index (χ3n) is 3.73. The summed E-state index contributed by atoms with van der Waals surface area (Å²) in [5.41, 5.74) is 13.9. The van der Waals surface area contributed by atoms with Gasteiger partial charge in [-0.15, -0.1) is 0 Å². The fourth-order valence-corrected chi connectivity index (χ4v) is 3.05. The van der Waals surface area contributed by atoms with Crippen LogP contribution in [0.25, 0.3) is 0 Å². The molecule has 14 nitrogen and oxygen atoms in total. The minimum atomic E-state index is -3.68. The summed E-state index contributed by atoms with van der Waals surface area (Å²) in [6, 6.07) is 7.57. The summed E-state index contributed by atoms with van der Waals surface area (Å²) >= 11 is 0. The van der Waals surface area contributed by atoms with Gasteiger partial charge in [0.05, 0.1) is 22.9 Å². The van der Waals surface area contributed by atoms with Crippen molar-refractivity contribution in [2.45, 2.75) is 18.7 Å². The zero-order valence-electron chi connectivity index (χ0n) is 16.8. The smallest absolute Gasteiger partial charge is 0.400 e. The fraction of sp³-hybridized carbons (Fsp3) is 0.118. The number of nitrogens with one attached hydrogen (secondary N) is 2. The van der Waals surface area contributed by atoms with Crippen LogP contribution < -0.4 is 21.6 Å². The number of nitrogen functional groups attached to an aromatic ring is 1. The van der Waals surface area contributed by atoms with Crippen LogP contribution in [0.15, 0.2) is 55.3 Å². The van der Waals surface area contributed by atoms with Crippen LogP contribution in [0.5, 0.6) is 0 Å². The Morgan fingerprint density at radius 1 is 1.22 bits per heavy atom. The molecule has 2 aromatic heterocycles. The van der Waals surface area contributed by atoms with Crippen molar-refractivity contribution in [3.05, 3.63) is 63.5 Å². The van der Waals surface area contributed by atoms with Crippen LogP contribution in [-0.4, -0.2) is 30.7 Å². The Kier molecular flexibility index (Phi) is 7.52. The van der Waals surface area contributed by atoms with Crippen LogP contribution in [0.1, 0.15) is 17.0 Å². The summed E-state index contributed by atoms with van der Waals surface area (Å²) in [7, 11) is -3.68. The van der Waals surface area contributed by atoms with Gasteiger partial charge in [-0.25, -0.2) is 23.4 Å². The van der Waals surface area contributed by atoms with Crippen LogP contribution in [0.2, 0.25) is 0 Å². The Labute approximate surface area is 181 Å². The first-order valence-corrected chi connectivity index (χ1v) is 10.1. The van der Waals surface area contributed by atoms with E-state index in [9.17, 15) is 23.3 Å². The number of primary amides is 1. The van der Waals surface area contributed by atoms with E-state index in [2.05, 4.69) is 19.4 Å². The van der Waals surface area contributed by atoms with E-state index in [4.69, 9.17) is 16.0 Å². The quantitative estimate of drug-likeness (QED) is 0.180. The minimum absolute atomic E-state index is 0.116. The number of amides is 2. The highest BCUT2D eigenvalue weighted by molar-refractivity contribution is 7.92. The number of furan rings is 1. The predicted molar refractivity (Wildman–Crippen MR) is 113 cm³/mol. The number of carbonyl (C=O) groups is 1. The number of aryl methyl sites for hydroxylation is 1. The summed E-state index contributed by atoms with van der Waals surface area (Å²) < 4.78 is 36.0. The Bertz CT molecular complexity index is 1230. The Morgan fingerprint density at radius 2 is 1.88 bits per heavy atom. The molecule has 3 rings (SSSR count). The molecule has 2 amide bonds. The van der Waals surface area contributed by atoms with Gasteiger partial charge in [-0.2, -0.15) is 5.10 Å². The molecule has 0 atom stereocenters. The number of hydrazone groups is 1. The normalized spacial score (nSPS) is 10.9. The number of hydrogen-bond acceptors (Lipinski definition) is 10. The number of carbonyl (C=O) groups excluding carboxylic acids is 1. The maximum absolute atomic E-state index is 12.0. The zero-order chi connectivity index (χ0) is 23.9. The molecule has 0 saturated heterocycles. The lowest BCUT2D eigenvalue weighted by Gasteiger charge is -2.05. The van der Waals surface area contributed by atoms with Crippen LogP contribution >= 0.6 is 0 Å². The standard InChI is InChI=1S/C11H13N3O3S.C6H6N4O4/c1-7-8(2)13-17-11(7)14-18(15,16)10-5-3-9(12)4-6-10;7-6(11)9-8-3-4-1-2-5(14-4)10(12)13/h3-6,14H,12H2,1-2H3;1-3H,(H3,7,9,11)/b;8-3+. The van der Waals surface area contributed by atoms with E-state index in [1.165, 1.54) is 36.4 Å². The third kappa shape index (κ3) is 6.56. The first kappa shape index (κ1) is 23.9. The highest BCUT2D eigenvalue weighted by Gasteiger charge is 2.18. The van der Waals surface area contributed by atoms with E-state index >= 15 is 0 Å². The van der Waals surface area contributed by atoms with E-state index in [1.807, 2.05) is 5.43 Å². The molecule has 32 heavy (non-hydrogen) atoms. The van der Waals surface area contributed by atoms with Gasteiger partial charge >= 0.3 is 11.9 Å². The molecule has 6 N–H and O–H groups in total. The molecule has 2 heterocycles. The lowest BCUT2D eigenvalue weighted by atomic mass is 10.3. The summed E-state index contributed by atoms with van der Waals surface area (Å²) in [5, 5.41) is 17.2. The number of nitrogens with zero attached hydrogens (tertiary/aromatic N) is 3. The molecule has 0 aliphatic heterocycles. The zero-order valence-corrected chi connectivity index (χ0v) is 17.6. The Hall–Kier alpha value is -4.40. The molecule has 0 aliphatic rings. The largest absolute Gasteiger partial charge is 0.433 e. The van der Waals surface area contributed by atoms with E-state index in [0.29, 0.717) is 16.9 Å². The fourth-order valence-electron chi connectivity index (χ4n) is 2.01. The highest BCUT2D eigenvalue weighted by Crippen LogP contribution is 2.22. The van der Waals surface area contributed by atoms with Crippen molar-refractivity contribution in [1.29, 1.82) is 0 Å². The maximum atomic E-state index is 12.0. The summed E-state index contributed by atoms with van der Waals surface area (Å²) in [4.78, 5) is 19.8. The molecule has 1 aromatic carbocycles. The Balaban J connectivity index is 0.000000235. The molecular formula is C17H19N7O7S. The number of nitro groups is 1. The number of anilines is 2. The minimum Gasteiger partial charge on any atom is -0.400 e. The number of nitrogens with two attached hydrogens (primary N) is 2. The van der Waals surface area contributed by atoms with Gasteiger partial charge in [-0.05, 0) is 44.2 Å². The van der Waals surface area contributed by atoms with Crippen LogP contribution in [-0.2, 0) is 10.0 Å². The SMILES string of the molecule is Cc1noc(NS(=O)(=O)c2ccc(N)cc2)c1C.NC(=O)N/N=C/c1ccc([N+](=O)[O-])o1. The van der Waals surface area contributed by atoms with Gasteiger partial charge in [-0.3, -0.25) is 10.1 Å². The second-order valence-electron chi connectivity index (χ2n) is 6.06. The van der Waals surface area contributed by atoms with E-state index in [-0.39, 0.29) is 16.5 Å². The van der Waals surface area contributed by atoms with Gasteiger partial charge in [0, 0.05) is 11.3 Å². The van der Waals surface area contributed by atoms with E-state index < -0.39 is 26.9 Å². The topological polar surface area (TPSA) is 222 Å². The average Bonchev–Trinajstić information content (AvgIpc) is 3.31. The van der Waals surface area contributed by atoms with Gasteiger partial charge in [0.2, 0.25) is 5.88 Å². The maximum Gasteiger partial charge on any atom is 0.433 e. The molecule has 0 fully saturated rings. The first-order chi connectivity index (χ1) is 15.0. The number of rotatable bonds is 6. The molecule has 0 spiro atoms. The van der Waals surface area contributed by atoms with Crippen molar-refractivity contribution < 1.29 is 27.1 Å². The van der Waals surface area contributed by atoms with Crippen molar-refractivity contribution in [2.75, 3.05) is 10.5 Å². The molecule has 0 saturated carbocycles. The second kappa shape index (κ2) is 10.1. The Morgan fingerprint density at radius 3 is 2.38 bits per heavy atom. The lowest BCUT2D eigenvalue weighted by molar-refractivity contribution is -0.402. The van der Waals surface area contributed by atoms with Crippen LogP contribution in [0, 0.1) is 24.0 Å². The van der Waals surface area contributed by atoms with Gasteiger partial charge < -0.3 is 20.4 Å². The van der Waals surface area contributed by atoms with E-state index in [1.54, 1.807) is 13.8 Å². The summed E-state index contributed by atoms with van der Waals surface area (Å²) in [5.74, 6) is -0.125. The van der Waals surface area contributed by atoms with Crippen molar-refractivity contribution in [2.24, 2.45) is 10.8 Å². The van der Waals surface area contributed by atoms with Crippen LogP contribution in [0.3, 0.4) is 0 Å². The highest BCUT2D eigenvalue weighted by atomic mass is 32.2. The molecule has 0 unspecified atom stereocenters.